The molecule has 12 heteroatoms. The number of hydrogen-bond acceptors (Lipinski definition) is 6. The maximum Gasteiger partial charge on any atom is 0.303 e. The first-order valence-electron chi connectivity index (χ1n) is 22.4. The minimum Gasteiger partial charge on any atom is -0.481 e. The smallest absolute Gasteiger partial charge is 0.303 e. The molecule has 0 saturated heterocycles. The third kappa shape index (κ3) is 21.0. The van der Waals surface area contributed by atoms with Crippen LogP contribution in [0.4, 0.5) is 0 Å². The Bertz CT molecular complexity index is 1500. The number of carboxylic acid groups (broad SMARTS) is 2. The molecule has 2 atom stereocenters. The van der Waals surface area contributed by atoms with Gasteiger partial charge in [0.2, 0.25) is 11.8 Å². The molecule has 0 heterocycles. The first-order valence-corrected chi connectivity index (χ1v) is 22.4. The maximum absolute atomic E-state index is 13.3. The summed E-state index contributed by atoms with van der Waals surface area (Å²) in [6.45, 7) is 18.8. The maximum atomic E-state index is 13.3. The molecule has 0 spiro atoms. The van der Waals surface area contributed by atoms with Gasteiger partial charge in [-0.05, 0) is 113 Å². The van der Waals surface area contributed by atoms with Crippen LogP contribution in [0.3, 0.4) is 0 Å². The van der Waals surface area contributed by atoms with Gasteiger partial charge in [0.15, 0.2) is 0 Å². The number of nitrogens with one attached hydrogen (secondary N) is 2. The van der Waals surface area contributed by atoms with E-state index in [1.807, 2.05) is 39.8 Å². The van der Waals surface area contributed by atoms with Crippen LogP contribution in [-0.2, 0) is 19.2 Å². The third-order valence-corrected chi connectivity index (χ3v) is 10.8. The Labute approximate surface area is 360 Å². The summed E-state index contributed by atoms with van der Waals surface area (Å²) in [6.07, 6.45) is 11.8. The number of unbranched alkanes of at least 4 members (excludes halogenated alkanes) is 8. The van der Waals surface area contributed by atoms with E-state index in [9.17, 15) is 28.8 Å². The van der Waals surface area contributed by atoms with Crippen LogP contribution in [0.2, 0.25) is 0 Å². The minimum atomic E-state index is -0.975. The lowest BCUT2D eigenvalue weighted by molar-refractivity contribution is -0.139. The predicted molar refractivity (Wildman–Crippen MR) is 239 cm³/mol. The molecule has 0 aliphatic heterocycles. The van der Waals surface area contributed by atoms with E-state index in [-0.39, 0.29) is 49.3 Å². The molecule has 60 heavy (non-hydrogen) atoms. The van der Waals surface area contributed by atoms with E-state index >= 15 is 0 Å². The highest BCUT2D eigenvalue weighted by atomic mass is 16.4. The molecule has 0 saturated carbocycles. The van der Waals surface area contributed by atoms with Crippen molar-refractivity contribution < 1.29 is 39.0 Å². The Morgan fingerprint density at radius 2 is 0.783 bits per heavy atom. The Morgan fingerprint density at radius 1 is 0.483 bits per heavy atom. The molecule has 0 aliphatic carbocycles. The van der Waals surface area contributed by atoms with Gasteiger partial charge >= 0.3 is 11.9 Å². The summed E-state index contributed by atoms with van der Waals surface area (Å²) < 4.78 is 0. The van der Waals surface area contributed by atoms with Gasteiger partial charge in [-0.2, -0.15) is 0 Å². The number of rotatable bonds is 28. The molecule has 4 amide bonds. The summed E-state index contributed by atoms with van der Waals surface area (Å²) in [4.78, 5) is 77.9. The zero-order chi connectivity index (χ0) is 45.0. The first-order chi connectivity index (χ1) is 28.6. The van der Waals surface area contributed by atoms with Crippen LogP contribution in [0.1, 0.15) is 173 Å². The van der Waals surface area contributed by atoms with Crippen molar-refractivity contribution in [3.63, 3.8) is 0 Å². The molecular formula is C48H76N4O8. The Morgan fingerprint density at radius 3 is 1.03 bits per heavy atom. The van der Waals surface area contributed by atoms with Gasteiger partial charge in [-0.3, -0.25) is 28.8 Å². The Balaban J connectivity index is 0.000000600. The zero-order valence-corrected chi connectivity index (χ0v) is 38.0. The Hall–Kier alpha value is -4.74. The van der Waals surface area contributed by atoms with E-state index in [2.05, 4.69) is 38.3 Å². The van der Waals surface area contributed by atoms with Crippen molar-refractivity contribution in [2.75, 3.05) is 26.2 Å². The Kier molecular flexibility index (Phi) is 26.9. The monoisotopic (exact) mass is 837 g/mol. The van der Waals surface area contributed by atoms with E-state index in [1.54, 1.807) is 34.1 Å². The lowest BCUT2D eigenvalue weighted by Crippen LogP contribution is -2.49. The van der Waals surface area contributed by atoms with Crippen molar-refractivity contribution >= 4 is 35.6 Å². The molecule has 2 aromatic rings. The summed E-state index contributed by atoms with van der Waals surface area (Å²) in [5.41, 5.74) is 5.13. The lowest BCUT2D eigenvalue weighted by Gasteiger charge is -2.28. The van der Waals surface area contributed by atoms with E-state index in [0.717, 1.165) is 99.3 Å². The van der Waals surface area contributed by atoms with E-state index in [0.29, 0.717) is 37.3 Å². The molecule has 2 unspecified atom stereocenters. The van der Waals surface area contributed by atoms with Crippen molar-refractivity contribution in [2.45, 2.75) is 170 Å². The van der Waals surface area contributed by atoms with Gasteiger partial charge in [0.1, 0.15) is 12.1 Å². The van der Waals surface area contributed by atoms with Gasteiger partial charge in [0.25, 0.3) is 11.8 Å². The number of hydrogen-bond donors (Lipinski definition) is 4. The van der Waals surface area contributed by atoms with Crippen molar-refractivity contribution in [3.05, 3.63) is 69.8 Å². The van der Waals surface area contributed by atoms with E-state index in [4.69, 9.17) is 10.2 Å². The third-order valence-electron chi connectivity index (χ3n) is 10.8. The SMILES string of the molecule is CCCCCN(CCCCC)C(=O)C(CCC(=O)O)NC(=O)c1ccc(C)c(C)c1.CCCCCN(CCCCC)C(=O)C(CCC(=O)O)NC(=O)c1ccc(C)c(C)c1. The summed E-state index contributed by atoms with van der Waals surface area (Å²) >= 11 is 0. The highest BCUT2D eigenvalue weighted by molar-refractivity contribution is 5.98. The molecule has 336 valence electrons. The van der Waals surface area contributed by atoms with Crippen LogP contribution in [-0.4, -0.2) is 93.8 Å². The molecule has 0 bridgehead atoms. The quantitative estimate of drug-likeness (QED) is 0.0615. The molecule has 12 nitrogen and oxygen atoms in total. The van der Waals surface area contributed by atoms with Gasteiger partial charge < -0.3 is 30.6 Å². The van der Waals surface area contributed by atoms with Gasteiger partial charge in [-0.15, -0.1) is 0 Å². The van der Waals surface area contributed by atoms with Gasteiger partial charge in [0.05, 0.1) is 0 Å². The number of amides is 4. The second-order valence-corrected chi connectivity index (χ2v) is 16.0. The number of aryl methyl sites for hydroxylation is 4. The first kappa shape index (κ1) is 53.3. The van der Waals surface area contributed by atoms with Crippen LogP contribution in [0.15, 0.2) is 36.4 Å². The van der Waals surface area contributed by atoms with Crippen LogP contribution in [0.5, 0.6) is 0 Å². The van der Waals surface area contributed by atoms with Gasteiger partial charge in [0, 0.05) is 50.1 Å². The van der Waals surface area contributed by atoms with Crippen LogP contribution >= 0.6 is 0 Å². The summed E-state index contributed by atoms with van der Waals surface area (Å²) in [5, 5.41) is 23.8. The average Bonchev–Trinajstić information content (AvgIpc) is 3.21. The highest BCUT2D eigenvalue weighted by Gasteiger charge is 2.28. The van der Waals surface area contributed by atoms with Gasteiger partial charge in [-0.25, -0.2) is 0 Å². The van der Waals surface area contributed by atoms with Crippen molar-refractivity contribution in [3.8, 4) is 0 Å². The predicted octanol–water partition coefficient (Wildman–Crippen LogP) is 8.95. The molecule has 2 aromatic carbocycles. The molecule has 0 fully saturated rings. The van der Waals surface area contributed by atoms with Crippen molar-refractivity contribution in [1.29, 1.82) is 0 Å². The molecule has 2 rings (SSSR count). The fraction of sp³-hybridized carbons (Fsp3) is 0.625. The van der Waals surface area contributed by atoms with Crippen molar-refractivity contribution in [2.24, 2.45) is 0 Å². The van der Waals surface area contributed by atoms with E-state index in [1.165, 1.54) is 0 Å². The summed E-state index contributed by atoms with van der Waals surface area (Å²) in [6, 6.07) is 9.14. The fourth-order valence-electron chi connectivity index (χ4n) is 6.61. The molecular weight excluding hydrogens is 761 g/mol. The zero-order valence-electron chi connectivity index (χ0n) is 38.0. The second-order valence-electron chi connectivity index (χ2n) is 16.0. The highest BCUT2D eigenvalue weighted by Crippen LogP contribution is 2.15. The standard InChI is InChI=1S/2C24H38N2O4/c2*1-5-7-9-15-26(16-10-8-6-2)24(30)21(13-14-22(27)28)25-23(29)20-12-11-18(3)19(4)17-20/h2*11-12,17,21H,5-10,13-16H2,1-4H3,(H,25,29)(H,27,28). The largest absolute Gasteiger partial charge is 0.481 e. The summed E-state index contributed by atoms with van der Waals surface area (Å²) in [7, 11) is 0. The minimum absolute atomic E-state index is 0.0861. The average molecular weight is 837 g/mol. The number of carbonyl (C=O) groups excluding carboxylic acids is 4. The number of carbonyl (C=O) groups is 6. The van der Waals surface area contributed by atoms with E-state index < -0.39 is 24.0 Å². The second kappa shape index (κ2) is 30.3. The lowest BCUT2D eigenvalue weighted by atomic mass is 10.0. The summed E-state index contributed by atoms with van der Waals surface area (Å²) in [5.74, 6) is -3.00. The fourth-order valence-corrected chi connectivity index (χ4v) is 6.61. The topological polar surface area (TPSA) is 173 Å². The van der Waals surface area contributed by atoms with Crippen LogP contribution in [0.25, 0.3) is 0 Å². The number of carboxylic acids is 2. The number of benzene rings is 2. The van der Waals surface area contributed by atoms with Crippen LogP contribution < -0.4 is 10.6 Å². The molecule has 0 aromatic heterocycles. The van der Waals surface area contributed by atoms with Crippen LogP contribution in [0, 0.1) is 27.7 Å². The normalized spacial score (nSPS) is 11.7. The molecule has 0 radical (unpaired) electrons. The molecule has 4 N–H and O–H groups in total. The molecule has 0 aliphatic rings. The van der Waals surface area contributed by atoms with Crippen molar-refractivity contribution in [1.82, 2.24) is 20.4 Å². The number of aliphatic carboxylic acids is 2. The number of nitrogens with zero attached hydrogens (tertiary/aromatic N) is 2. The van der Waals surface area contributed by atoms with Gasteiger partial charge in [-0.1, -0.05) is 91.2 Å².